The van der Waals surface area contributed by atoms with E-state index in [1.165, 1.54) is 12.1 Å². The molecule has 2 atom stereocenters. The van der Waals surface area contributed by atoms with Crippen LogP contribution < -0.4 is 10.1 Å². The normalized spacial score (nSPS) is 20.8. The molecule has 2 aliphatic heterocycles. The lowest BCUT2D eigenvalue weighted by molar-refractivity contribution is 0.169. The first-order valence-electron chi connectivity index (χ1n) is 9.88. The van der Waals surface area contributed by atoms with Crippen LogP contribution in [0.25, 0.3) is 11.1 Å². The van der Waals surface area contributed by atoms with Crippen molar-refractivity contribution in [3.63, 3.8) is 0 Å². The number of fused-ring (bicyclic) bond motifs is 3. The van der Waals surface area contributed by atoms with Gasteiger partial charge in [0.2, 0.25) is 0 Å². The Kier molecular flexibility index (Phi) is 5.86. The lowest BCUT2D eigenvalue weighted by Gasteiger charge is -2.24. The Balaban J connectivity index is 1.85. The average molecular weight is 424 g/mol. The van der Waals surface area contributed by atoms with E-state index in [1.54, 1.807) is 11.8 Å². The SMILES string of the molecule is CCC(CC)Sc1cc(-c2c(F)cc(Cl)cc2F)cc2c1O[C@H]1CCNC[C@@H]21. The minimum absolute atomic E-state index is 0.0224. The summed E-state index contributed by atoms with van der Waals surface area (Å²) in [5.41, 5.74) is 1.58. The van der Waals surface area contributed by atoms with Crippen LogP contribution in [-0.2, 0) is 0 Å². The number of ether oxygens (including phenoxy) is 1. The number of hydrogen-bond donors (Lipinski definition) is 1. The Hall–Kier alpha value is -1.30. The fraction of sp³-hybridized carbons (Fsp3) is 0.455. The molecule has 2 heterocycles. The summed E-state index contributed by atoms with van der Waals surface area (Å²) in [6.45, 7) is 6.07. The number of benzene rings is 2. The fourth-order valence-corrected chi connectivity index (χ4v) is 5.50. The maximum atomic E-state index is 14.6. The van der Waals surface area contributed by atoms with E-state index in [2.05, 4.69) is 19.2 Å². The minimum Gasteiger partial charge on any atom is -0.488 e. The van der Waals surface area contributed by atoms with Gasteiger partial charge < -0.3 is 10.1 Å². The third kappa shape index (κ3) is 3.64. The van der Waals surface area contributed by atoms with Crippen LogP contribution in [0.2, 0.25) is 5.02 Å². The molecular formula is C22H24ClF2NOS. The molecule has 2 aromatic rings. The second kappa shape index (κ2) is 8.21. The molecule has 2 aromatic carbocycles. The van der Waals surface area contributed by atoms with E-state index >= 15 is 0 Å². The number of nitrogens with one attached hydrogen (secondary N) is 1. The topological polar surface area (TPSA) is 21.3 Å². The van der Waals surface area contributed by atoms with Crippen LogP contribution in [-0.4, -0.2) is 24.4 Å². The lowest BCUT2D eigenvalue weighted by atomic mass is 9.89. The first kappa shape index (κ1) is 20.0. The molecule has 0 spiro atoms. The maximum Gasteiger partial charge on any atom is 0.137 e. The van der Waals surface area contributed by atoms with Gasteiger partial charge in [-0.05, 0) is 55.6 Å². The van der Waals surface area contributed by atoms with E-state index in [0.717, 1.165) is 48.6 Å². The summed E-state index contributed by atoms with van der Waals surface area (Å²) in [4.78, 5) is 0.976. The second-order valence-electron chi connectivity index (χ2n) is 7.45. The van der Waals surface area contributed by atoms with Crippen LogP contribution in [0, 0.1) is 11.6 Å². The molecule has 1 saturated heterocycles. The molecule has 4 rings (SSSR count). The predicted molar refractivity (Wildman–Crippen MR) is 112 cm³/mol. The summed E-state index contributed by atoms with van der Waals surface area (Å²) in [7, 11) is 0. The van der Waals surface area contributed by atoms with Crippen LogP contribution in [0.4, 0.5) is 8.78 Å². The molecule has 0 amide bonds. The quantitative estimate of drug-likeness (QED) is 0.562. The molecule has 1 N–H and O–H groups in total. The van der Waals surface area contributed by atoms with E-state index in [9.17, 15) is 8.78 Å². The summed E-state index contributed by atoms with van der Waals surface area (Å²) in [6.07, 6.45) is 3.12. The van der Waals surface area contributed by atoms with Gasteiger partial charge in [0.25, 0.3) is 0 Å². The molecular weight excluding hydrogens is 400 g/mol. The van der Waals surface area contributed by atoms with Gasteiger partial charge in [0, 0.05) is 28.3 Å². The lowest BCUT2D eigenvalue weighted by Crippen LogP contribution is -2.37. The Bertz CT molecular complexity index is 864. The van der Waals surface area contributed by atoms with Gasteiger partial charge in [-0.2, -0.15) is 0 Å². The first-order chi connectivity index (χ1) is 13.5. The van der Waals surface area contributed by atoms with Crippen LogP contribution in [0.15, 0.2) is 29.2 Å². The summed E-state index contributed by atoms with van der Waals surface area (Å²) in [5.74, 6) is -0.168. The Morgan fingerprint density at radius 2 is 1.89 bits per heavy atom. The summed E-state index contributed by atoms with van der Waals surface area (Å²) in [6, 6.07) is 6.12. The van der Waals surface area contributed by atoms with Crippen molar-refractivity contribution in [1.82, 2.24) is 5.32 Å². The highest BCUT2D eigenvalue weighted by molar-refractivity contribution is 8.00. The predicted octanol–water partition coefficient (Wildman–Crippen LogP) is 6.40. The van der Waals surface area contributed by atoms with Gasteiger partial charge in [-0.3, -0.25) is 0 Å². The van der Waals surface area contributed by atoms with Gasteiger partial charge in [0.1, 0.15) is 23.5 Å². The summed E-state index contributed by atoms with van der Waals surface area (Å²) in [5, 5.41) is 3.91. The molecule has 0 saturated carbocycles. The number of hydrogen-bond acceptors (Lipinski definition) is 3. The highest BCUT2D eigenvalue weighted by Crippen LogP contribution is 2.49. The maximum absolute atomic E-state index is 14.6. The highest BCUT2D eigenvalue weighted by Gasteiger charge is 2.38. The van der Waals surface area contributed by atoms with Crippen molar-refractivity contribution in [2.75, 3.05) is 13.1 Å². The van der Waals surface area contributed by atoms with E-state index < -0.39 is 11.6 Å². The zero-order valence-corrected chi connectivity index (χ0v) is 17.6. The average Bonchev–Trinajstić information content (AvgIpc) is 3.04. The van der Waals surface area contributed by atoms with Crippen LogP contribution in [0.5, 0.6) is 5.75 Å². The van der Waals surface area contributed by atoms with E-state index in [1.807, 2.05) is 12.1 Å². The molecule has 28 heavy (non-hydrogen) atoms. The standard InChI is InChI=1S/C22H24ClF2NOS/c1-3-14(4-2)28-20-8-12(21-17(24)9-13(23)10-18(21)25)7-15-16-11-26-6-5-19(16)27-22(15)20/h7-10,14,16,19,26H,3-6,11H2,1-2H3/t16-,19-/m0/s1. The van der Waals surface area contributed by atoms with Crippen LogP contribution in [0.3, 0.4) is 0 Å². The second-order valence-corrected chi connectivity index (χ2v) is 9.23. The fourth-order valence-electron chi connectivity index (χ4n) is 4.15. The third-order valence-corrected chi connectivity index (χ3v) is 7.45. The van der Waals surface area contributed by atoms with Gasteiger partial charge in [-0.25, -0.2) is 8.78 Å². The third-order valence-electron chi connectivity index (χ3n) is 5.67. The zero-order valence-electron chi connectivity index (χ0n) is 16.0. The monoisotopic (exact) mass is 423 g/mol. The van der Waals surface area contributed by atoms with Crippen molar-refractivity contribution in [3.8, 4) is 16.9 Å². The van der Waals surface area contributed by atoms with Crippen LogP contribution in [0.1, 0.15) is 44.6 Å². The number of piperidine rings is 1. The summed E-state index contributed by atoms with van der Waals surface area (Å²) < 4.78 is 35.6. The number of halogens is 3. The van der Waals surface area contributed by atoms with E-state index in [-0.39, 0.29) is 22.6 Å². The van der Waals surface area contributed by atoms with Gasteiger partial charge in [0.05, 0.1) is 10.5 Å². The van der Waals surface area contributed by atoms with Gasteiger partial charge in [-0.1, -0.05) is 25.4 Å². The van der Waals surface area contributed by atoms with Gasteiger partial charge in [0.15, 0.2) is 0 Å². The molecule has 0 unspecified atom stereocenters. The summed E-state index contributed by atoms with van der Waals surface area (Å²) >= 11 is 7.57. The van der Waals surface area contributed by atoms with Crippen molar-refractivity contribution in [1.29, 1.82) is 0 Å². The van der Waals surface area contributed by atoms with Crippen molar-refractivity contribution in [2.24, 2.45) is 0 Å². The number of thioether (sulfide) groups is 1. The Labute approximate surface area is 174 Å². The molecule has 2 aliphatic rings. The molecule has 0 bridgehead atoms. The highest BCUT2D eigenvalue weighted by atomic mass is 35.5. The molecule has 6 heteroatoms. The zero-order chi connectivity index (χ0) is 19.8. The Morgan fingerprint density at radius 1 is 1.18 bits per heavy atom. The van der Waals surface area contributed by atoms with Crippen molar-refractivity contribution in [2.45, 2.75) is 55.3 Å². The van der Waals surface area contributed by atoms with E-state index in [4.69, 9.17) is 16.3 Å². The van der Waals surface area contributed by atoms with Gasteiger partial charge >= 0.3 is 0 Å². The Morgan fingerprint density at radius 3 is 2.57 bits per heavy atom. The van der Waals surface area contributed by atoms with Crippen LogP contribution >= 0.6 is 23.4 Å². The molecule has 0 aromatic heterocycles. The van der Waals surface area contributed by atoms with Crippen molar-refractivity contribution >= 4 is 23.4 Å². The first-order valence-corrected chi connectivity index (χ1v) is 11.1. The molecule has 0 aliphatic carbocycles. The van der Waals surface area contributed by atoms with Crippen molar-refractivity contribution in [3.05, 3.63) is 46.5 Å². The molecule has 150 valence electrons. The van der Waals surface area contributed by atoms with Crippen molar-refractivity contribution < 1.29 is 13.5 Å². The van der Waals surface area contributed by atoms with Gasteiger partial charge in [-0.15, -0.1) is 11.8 Å². The largest absolute Gasteiger partial charge is 0.488 e. The molecule has 0 radical (unpaired) electrons. The minimum atomic E-state index is -0.638. The number of rotatable bonds is 5. The van der Waals surface area contributed by atoms with E-state index in [0.29, 0.717) is 10.8 Å². The molecule has 1 fully saturated rings. The molecule has 2 nitrogen and oxygen atoms in total. The smallest absolute Gasteiger partial charge is 0.137 e.